The fraction of sp³-hybridized carbons (Fsp3) is 0.500. The minimum Gasteiger partial charge on any atom is -0.484 e. The first-order valence-corrected chi connectivity index (χ1v) is 7.88. The van der Waals surface area contributed by atoms with Gasteiger partial charge in [-0.1, -0.05) is 18.2 Å². The van der Waals surface area contributed by atoms with Crippen LogP contribution in [-0.4, -0.2) is 69.1 Å². The molecule has 0 bridgehead atoms. The van der Waals surface area contributed by atoms with Crippen molar-refractivity contribution in [3.05, 3.63) is 30.3 Å². The standard InChI is InChI=1S/C16H24N4O3/c21-15(18-8-11-20-9-6-17-7-10-20)12-19-16(22)13-23-14-4-2-1-3-5-14/h1-5,17H,6-13H2,(H,18,21)(H,19,22). The molecule has 1 aromatic rings. The topological polar surface area (TPSA) is 82.7 Å². The second kappa shape index (κ2) is 9.81. The summed E-state index contributed by atoms with van der Waals surface area (Å²) in [6.07, 6.45) is 0. The highest BCUT2D eigenvalue weighted by Gasteiger charge is 2.10. The summed E-state index contributed by atoms with van der Waals surface area (Å²) in [7, 11) is 0. The van der Waals surface area contributed by atoms with E-state index < -0.39 is 0 Å². The summed E-state index contributed by atoms with van der Waals surface area (Å²) in [5, 5.41) is 8.63. The lowest BCUT2D eigenvalue weighted by Gasteiger charge is -2.27. The molecule has 2 rings (SSSR count). The van der Waals surface area contributed by atoms with E-state index in [1.807, 2.05) is 18.2 Å². The summed E-state index contributed by atoms with van der Waals surface area (Å²) in [6, 6.07) is 9.09. The van der Waals surface area contributed by atoms with Crippen LogP contribution in [0.1, 0.15) is 0 Å². The van der Waals surface area contributed by atoms with Gasteiger partial charge in [-0.05, 0) is 12.1 Å². The van der Waals surface area contributed by atoms with Gasteiger partial charge in [0.25, 0.3) is 5.91 Å². The second-order valence-corrected chi connectivity index (χ2v) is 5.32. The number of benzene rings is 1. The molecule has 0 saturated carbocycles. The first-order chi connectivity index (χ1) is 11.2. The van der Waals surface area contributed by atoms with E-state index in [0.717, 1.165) is 32.7 Å². The summed E-state index contributed by atoms with van der Waals surface area (Å²) in [5.41, 5.74) is 0. The molecule has 0 aliphatic carbocycles. The Morgan fingerprint density at radius 1 is 1.09 bits per heavy atom. The molecule has 0 radical (unpaired) electrons. The maximum absolute atomic E-state index is 11.7. The monoisotopic (exact) mass is 320 g/mol. The van der Waals surface area contributed by atoms with E-state index in [1.54, 1.807) is 12.1 Å². The molecule has 0 unspecified atom stereocenters. The molecule has 3 N–H and O–H groups in total. The van der Waals surface area contributed by atoms with Gasteiger partial charge in [0.15, 0.2) is 6.61 Å². The van der Waals surface area contributed by atoms with E-state index in [2.05, 4.69) is 20.9 Å². The molecule has 1 aliphatic heterocycles. The van der Waals surface area contributed by atoms with Crippen LogP contribution in [0.25, 0.3) is 0 Å². The third-order valence-electron chi connectivity index (χ3n) is 3.52. The molecule has 1 aromatic carbocycles. The first kappa shape index (κ1) is 17.2. The highest BCUT2D eigenvalue weighted by atomic mass is 16.5. The van der Waals surface area contributed by atoms with E-state index in [1.165, 1.54) is 0 Å². The zero-order valence-electron chi connectivity index (χ0n) is 13.2. The van der Waals surface area contributed by atoms with Crippen molar-refractivity contribution in [1.29, 1.82) is 0 Å². The van der Waals surface area contributed by atoms with Crippen molar-refractivity contribution in [3.8, 4) is 5.75 Å². The Bertz CT molecular complexity index is 489. The second-order valence-electron chi connectivity index (χ2n) is 5.32. The Morgan fingerprint density at radius 3 is 2.57 bits per heavy atom. The predicted molar refractivity (Wildman–Crippen MR) is 87.3 cm³/mol. The van der Waals surface area contributed by atoms with Crippen LogP contribution in [0.3, 0.4) is 0 Å². The molecular formula is C16H24N4O3. The minimum absolute atomic E-state index is 0.0292. The number of nitrogens with one attached hydrogen (secondary N) is 3. The van der Waals surface area contributed by atoms with E-state index in [-0.39, 0.29) is 25.0 Å². The Labute approximate surface area is 136 Å². The molecule has 2 amide bonds. The van der Waals surface area contributed by atoms with Crippen LogP contribution in [0.4, 0.5) is 0 Å². The highest BCUT2D eigenvalue weighted by molar-refractivity contribution is 5.85. The smallest absolute Gasteiger partial charge is 0.258 e. The summed E-state index contributed by atoms with van der Waals surface area (Å²) in [6.45, 7) is 5.29. The molecule has 0 spiro atoms. The lowest BCUT2D eigenvalue weighted by atomic mass is 10.3. The Balaban J connectivity index is 1.52. The number of nitrogens with zero attached hydrogens (tertiary/aromatic N) is 1. The van der Waals surface area contributed by atoms with E-state index in [9.17, 15) is 9.59 Å². The third kappa shape index (κ3) is 7.12. The zero-order chi connectivity index (χ0) is 16.3. The van der Waals surface area contributed by atoms with Crippen molar-refractivity contribution in [2.24, 2.45) is 0 Å². The van der Waals surface area contributed by atoms with E-state index in [0.29, 0.717) is 12.3 Å². The largest absolute Gasteiger partial charge is 0.484 e. The van der Waals surface area contributed by atoms with Crippen LogP contribution in [0.15, 0.2) is 30.3 Å². The number of rotatable bonds is 8. The van der Waals surface area contributed by atoms with Gasteiger partial charge in [0.2, 0.25) is 5.91 Å². The number of ether oxygens (including phenoxy) is 1. The molecule has 1 saturated heterocycles. The maximum atomic E-state index is 11.7. The van der Waals surface area contributed by atoms with E-state index >= 15 is 0 Å². The van der Waals surface area contributed by atoms with Crippen LogP contribution in [0, 0.1) is 0 Å². The average Bonchev–Trinajstić information content (AvgIpc) is 2.60. The van der Waals surface area contributed by atoms with Crippen LogP contribution in [0.5, 0.6) is 5.75 Å². The van der Waals surface area contributed by atoms with Gasteiger partial charge in [-0.15, -0.1) is 0 Å². The number of amides is 2. The number of carbonyl (C=O) groups excluding carboxylic acids is 2. The Kier molecular flexibility index (Phi) is 7.35. The lowest BCUT2D eigenvalue weighted by Crippen LogP contribution is -2.47. The number of hydrogen-bond acceptors (Lipinski definition) is 5. The average molecular weight is 320 g/mol. The summed E-state index contributed by atoms with van der Waals surface area (Å²) in [4.78, 5) is 25.6. The van der Waals surface area contributed by atoms with Gasteiger partial charge in [-0.2, -0.15) is 0 Å². The van der Waals surface area contributed by atoms with Gasteiger partial charge in [-0.25, -0.2) is 0 Å². The van der Waals surface area contributed by atoms with E-state index in [4.69, 9.17) is 4.74 Å². The van der Waals surface area contributed by atoms with Crippen molar-refractivity contribution in [1.82, 2.24) is 20.9 Å². The van der Waals surface area contributed by atoms with Gasteiger partial charge in [0.05, 0.1) is 6.54 Å². The summed E-state index contributed by atoms with van der Waals surface area (Å²) >= 11 is 0. The lowest BCUT2D eigenvalue weighted by molar-refractivity contribution is -0.127. The molecule has 1 fully saturated rings. The van der Waals surface area contributed by atoms with Gasteiger partial charge in [-0.3, -0.25) is 14.5 Å². The van der Waals surface area contributed by atoms with Crippen molar-refractivity contribution in [3.63, 3.8) is 0 Å². The summed E-state index contributed by atoms with van der Waals surface area (Å²) in [5.74, 6) is 0.127. The SMILES string of the molecule is O=C(CNC(=O)COc1ccccc1)NCCN1CCNCC1. The Morgan fingerprint density at radius 2 is 1.83 bits per heavy atom. The predicted octanol–water partition coefficient (Wildman–Crippen LogP) is -0.797. The van der Waals surface area contributed by atoms with Crippen LogP contribution < -0.4 is 20.7 Å². The first-order valence-electron chi connectivity index (χ1n) is 7.88. The van der Waals surface area contributed by atoms with Gasteiger partial charge < -0.3 is 20.7 Å². The molecule has 0 aromatic heterocycles. The van der Waals surface area contributed by atoms with Crippen molar-refractivity contribution >= 4 is 11.8 Å². The van der Waals surface area contributed by atoms with Gasteiger partial charge in [0.1, 0.15) is 5.75 Å². The van der Waals surface area contributed by atoms with Crippen molar-refractivity contribution < 1.29 is 14.3 Å². The van der Waals surface area contributed by atoms with Crippen molar-refractivity contribution in [2.45, 2.75) is 0 Å². The minimum atomic E-state index is -0.314. The zero-order valence-corrected chi connectivity index (χ0v) is 13.2. The Hall–Kier alpha value is -2.12. The number of piperazine rings is 1. The van der Waals surface area contributed by atoms with Crippen molar-refractivity contribution in [2.75, 3.05) is 52.4 Å². The maximum Gasteiger partial charge on any atom is 0.258 e. The number of carbonyl (C=O) groups is 2. The molecule has 0 atom stereocenters. The van der Waals surface area contributed by atoms with Crippen LogP contribution in [0.2, 0.25) is 0 Å². The third-order valence-corrected chi connectivity index (χ3v) is 3.52. The quantitative estimate of drug-likeness (QED) is 0.584. The van der Waals surface area contributed by atoms with Gasteiger partial charge >= 0.3 is 0 Å². The molecular weight excluding hydrogens is 296 g/mol. The summed E-state index contributed by atoms with van der Waals surface area (Å²) < 4.78 is 5.30. The number of para-hydroxylation sites is 1. The highest BCUT2D eigenvalue weighted by Crippen LogP contribution is 2.07. The molecule has 23 heavy (non-hydrogen) atoms. The molecule has 1 heterocycles. The molecule has 7 nitrogen and oxygen atoms in total. The van der Waals surface area contributed by atoms with Gasteiger partial charge in [0, 0.05) is 39.3 Å². The fourth-order valence-corrected chi connectivity index (χ4v) is 2.25. The molecule has 1 aliphatic rings. The fourth-order valence-electron chi connectivity index (χ4n) is 2.25. The van der Waals surface area contributed by atoms with Crippen LogP contribution >= 0.6 is 0 Å². The van der Waals surface area contributed by atoms with Crippen LogP contribution in [-0.2, 0) is 9.59 Å². The molecule has 7 heteroatoms. The normalized spacial score (nSPS) is 15.0. The molecule has 126 valence electrons. The number of hydrogen-bond donors (Lipinski definition) is 3.